The van der Waals surface area contributed by atoms with E-state index < -0.39 is 0 Å². The number of hydrogen-bond donors (Lipinski definition) is 0. The number of nitrogens with zero attached hydrogens (tertiary/aromatic N) is 1. The van der Waals surface area contributed by atoms with Crippen LogP contribution < -0.4 is 9.47 Å². The van der Waals surface area contributed by atoms with E-state index in [1.165, 1.54) is 11.6 Å². The Kier molecular flexibility index (Phi) is 5.87. The molecule has 138 valence electrons. The molecule has 3 aromatic carbocycles. The van der Waals surface area contributed by atoms with Crippen LogP contribution in [0, 0.1) is 19.7 Å². The first-order chi connectivity index (χ1) is 13.1. The first-order valence-electron chi connectivity index (χ1n) is 8.72. The normalized spacial score (nSPS) is 11.0. The van der Waals surface area contributed by atoms with Gasteiger partial charge in [0.05, 0.1) is 12.8 Å². The van der Waals surface area contributed by atoms with Gasteiger partial charge in [0.1, 0.15) is 12.4 Å². The molecule has 4 heteroatoms. The smallest absolute Gasteiger partial charge is 0.161 e. The topological polar surface area (TPSA) is 30.8 Å². The van der Waals surface area contributed by atoms with Gasteiger partial charge < -0.3 is 9.47 Å². The highest BCUT2D eigenvalue weighted by molar-refractivity contribution is 5.83. The van der Waals surface area contributed by atoms with Gasteiger partial charge in [0, 0.05) is 11.8 Å². The molecule has 0 atom stereocenters. The molecule has 0 radical (unpaired) electrons. The first kappa shape index (κ1) is 18.6. The third kappa shape index (κ3) is 4.73. The van der Waals surface area contributed by atoms with E-state index in [1.54, 1.807) is 31.5 Å². The fourth-order valence-electron chi connectivity index (χ4n) is 2.66. The van der Waals surface area contributed by atoms with Gasteiger partial charge in [0.2, 0.25) is 0 Å². The lowest BCUT2D eigenvalue weighted by atomic mass is 10.1. The van der Waals surface area contributed by atoms with Crippen LogP contribution in [0.4, 0.5) is 10.1 Å². The number of aliphatic imine (C=N–C) groups is 1. The lowest BCUT2D eigenvalue weighted by Gasteiger charge is -2.11. The van der Waals surface area contributed by atoms with Crippen LogP contribution in [0.2, 0.25) is 0 Å². The fourth-order valence-corrected chi connectivity index (χ4v) is 2.66. The quantitative estimate of drug-likeness (QED) is 0.520. The van der Waals surface area contributed by atoms with Gasteiger partial charge in [-0.2, -0.15) is 0 Å². The highest BCUT2D eigenvalue weighted by Gasteiger charge is 2.07. The van der Waals surface area contributed by atoms with Gasteiger partial charge in [0.25, 0.3) is 0 Å². The number of halogens is 1. The molecule has 3 nitrogen and oxygen atoms in total. The molecule has 0 N–H and O–H groups in total. The van der Waals surface area contributed by atoms with Crippen LogP contribution in [0.1, 0.15) is 22.3 Å². The second-order valence-corrected chi connectivity index (χ2v) is 6.34. The Morgan fingerprint density at radius 2 is 1.78 bits per heavy atom. The van der Waals surface area contributed by atoms with Crippen LogP contribution in [0.3, 0.4) is 0 Å². The van der Waals surface area contributed by atoms with Crippen LogP contribution in [0.5, 0.6) is 11.5 Å². The van der Waals surface area contributed by atoms with E-state index in [2.05, 4.69) is 23.2 Å². The maximum atomic E-state index is 13.7. The summed E-state index contributed by atoms with van der Waals surface area (Å²) in [6, 6.07) is 18.3. The summed E-state index contributed by atoms with van der Waals surface area (Å²) in [6.45, 7) is 4.22. The summed E-state index contributed by atoms with van der Waals surface area (Å²) in [5.74, 6) is 0.856. The molecule has 0 spiro atoms. The zero-order valence-electron chi connectivity index (χ0n) is 15.7. The van der Waals surface area contributed by atoms with E-state index in [-0.39, 0.29) is 12.4 Å². The maximum absolute atomic E-state index is 13.7. The van der Waals surface area contributed by atoms with Crippen LogP contribution in [-0.2, 0) is 6.61 Å². The second kappa shape index (κ2) is 8.49. The molecule has 0 fully saturated rings. The maximum Gasteiger partial charge on any atom is 0.161 e. The van der Waals surface area contributed by atoms with Gasteiger partial charge >= 0.3 is 0 Å². The SMILES string of the molecule is COc1cc(C=Nc2cc(C)ccc2C)ccc1OCc1ccccc1F. The van der Waals surface area contributed by atoms with Gasteiger partial charge in [-0.1, -0.05) is 30.3 Å². The Balaban J connectivity index is 1.77. The molecule has 0 unspecified atom stereocenters. The van der Waals surface area contributed by atoms with Crippen molar-refractivity contribution in [1.29, 1.82) is 0 Å². The summed E-state index contributed by atoms with van der Waals surface area (Å²) in [4.78, 5) is 4.58. The van der Waals surface area contributed by atoms with Gasteiger partial charge in [-0.3, -0.25) is 4.99 Å². The van der Waals surface area contributed by atoms with Gasteiger partial charge in [-0.15, -0.1) is 0 Å². The van der Waals surface area contributed by atoms with Gasteiger partial charge in [0.15, 0.2) is 11.5 Å². The predicted octanol–water partition coefficient (Wildman–Crippen LogP) is 5.78. The Morgan fingerprint density at radius 1 is 0.963 bits per heavy atom. The minimum atomic E-state index is -0.284. The summed E-state index contributed by atoms with van der Waals surface area (Å²) in [5, 5.41) is 0. The largest absolute Gasteiger partial charge is 0.493 e. The number of hydrogen-bond acceptors (Lipinski definition) is 3. The van der Waals surface area contributed by atoms with Crippen LogP contribution >= 0.6 is 0 Å². The number of ether oxygens (including phenoxy) is 2. The van der Waals surface area contributed by atoms with E-state index in [9.17, 15) is 4.39 Å². The molecule has 0 heterocycles. The Labute approximate surface area is 159 Å². The van der Waals surface area contributed by atoms with E-state index in [0.717, 1.165) is 16.8 Å². The van der Waals surface area contributed by atoms with Gasteiger partial charge in [-0.05, 0) is 60.9 Å². The van der Waals surface area contributed by atoms with E-state index in [1.807, 2.05) is 32.0 Å². The minimum Gasteiger partial charge on any atom is -0.493 e. The average Bonchev–Trinajstić information content (AvgIpc) is 2.68. The summed E-state index contributed by atoms with van der Waals surface area (Å²) in [6.07, 6.45) is 1.80. The molecule has 0 amide bonds. The third-order valence-electron chi connectivity index (χ3n) is 4.25. The van der Waals surface area contributed by atoms with Crippen molar-refractivity contribution in [3.05, 3.63) is 88.7 Å². The second-order valence-electron chi connectivity index (χ2n) is 6.34. The molecular formula is C23H22FNO2. The number of rotatable bonds is 6. The molecule has 27 heavy (non-hydrogen) atoms. The summed E-state index contributed by atoms with van der Waals surface area (Å²) < 4.78 is 24.9. The van der Waals surface area contributed by atoms with Gasteiger partial charge in [-0.25, -0.2) is 4.39 Å². The van der Waals surface area contributed by atoms with Crippen molar-refractivity contribution in [1.82, 2.24) is 0 Å². The van der Waals surface area contributed by atoms with Crippen molar-refractivity contribution in [2.75, 3.05) is 7.11 Å². The Morgan fingerprint density at radius 3 is 2.56 bits per heavy atom. The van der Waals surface area contributed by atoms with E-state index >= 15 is 0 Å². The predicted molar refractivity (Wildman–Crippen MR) is 107 cm³/mol. The minimum absolute atomic E-state index is 0.138. The third-order valence-corrected chi connectivity index (χ3v) is 4.25. The lowest BCUT2D eigenvalue weighted by molar-refractivity contribution is 0.279. The number of methoxy groups -OCH3 is 1. The van der Waals surface area contributed by atoms with E-state index in [4.69, 9.17) is 9.47 Å². The van der Waals surface area contributed by atoms with Crippen molar-refractivity contribution >= 4 is 11.9 Å². The summed E-state index contributed by atoms with van der Waals surface area (Å²) >= 11 is 0. The van der Waals surface area contributed by atoms with Crippen LogP contribution in [0.15, 0.2) is 65.7 Å². The van der Waals surface area contributed by atoms with Crippen molar-refractivity contribution in [3.63, 3.8) is 0 Å². The Bertz CT molecular complexity index is 966. The van der Waals surface area contributed by atoms with Crippen molar-refractivity contribution in [3.8, 4) is 11.5 Å². The summed E-state index contributed by atoms with van der Waals surface area (Å²) in [7, 11) is 1.58. The fraction of sp³-hybridized carbons (Fsp3) is 0.174. The highest BCUT2D eigenvalue weighted by Crippen LogP contribution is 2.29. The lowest BCUT2D eigenvalue weighted by Crippen LogP contribution is -2.00. The van der Waals surface area contributed by atoms with Crippen molar-refractivity contribution in [2.45, 2.75) is 20.5 Å². The molecule has 0 bridgehead atoms. The monoisotopic (exact) mass is 363 g/mol. The van der Waals surface area contributed by atoms with Crippen molar-refractivity contribution in [2.24, 2.45) is 4.99 Å². The number of aryl methyl sites for hydroxylation is 2. The average molecular weight is 363 g/mol. The van der Waals surface area contributed by atoms with Crippen molar-refractivity contribution < 1.29 is 13.9 Å². The molecule has 3 aromatic rings. The molecule has 0 aliphatic heterocycles. The molecule has 0 aromatic heterocycles. The molecule has 0 saturated carbocycles. The first-order valence-corrected chi connectivity index (χ1v) is 8.72. The Hall–Kier alpha value is -3.14. The molecule has 3 rings (SSSR count). The van der Waals surface area contributed by atoms with Crippen LogP contribution in [-0.4, -0.2) is 13.3 Å². The zero-order chi connectivity index (χ0) is 19.2. The van der Waals surface area contributed by atoms with E-state index in [0.29, 0.717) is 17.1 Å². The zero-order valence-corrected chi connectivity index (χ0v) is 15.7. The summed E-state index contributed by atoms with van der Waals surface area (Å²) in [5.41, 5.74) is 4.62. The van der Waals surface area contributed by atoms with Crippen LogP contribution in [0.25, 0.3) is 0 Å². The molecule has 0 saturated heterocycles. The standard InChI is InChI=1S/C23H22FNO2/c1-16-8-9-17(2)21(12-16)25-14-18-10-11-22(23(13-18)26-3)27-15-19-6-4-5-7-20(19)24/h4-14H,15H2,1-3H3. The number of benzene rings is 3. The molecular weight excluding hydrogens is 341 g/mol. The highest BCUT2D eigenvalue weighted by atomic mass is 19.1. The molecule has 0 aliphatic rings. The molecule has 0 aliphatic carbocycles.